The van der Waals surface area contributed by atoms with Crippen molar-refractivity contribution in [1.82, 2.24) is 24.5 Å². The van der Waals surface area contributed by atoms with Gasteiger partial charge in [0.1, 0.15) is 10.4 Å². The maximum absolute atomic E-state index is 15.6. The van der Waals surface area contributed by atoms with Crippen LogP contribution in [0, 0.1) is 5.82 Å². The van der Waals surface area contributed by atoms with Crippen LogP contribution in [0.15, 0.2) is 29.1 Å². The van der Waals surface area contributed by atoms with Crippen molar-refractivity contribution in [2.75, 3.05) is 51.2 Å². The third kappa shape index (κ3) is 4.85. The largest absolute Gasteiger partial charge is 0.352 e. The number of fused-ring (bicyclic) bond motifs is 5. The summed E-state index contributed by atoms with van der Waals surface area (Å²) >= 11 is 7.72. The molecule has 0 radical (unpaired) electrons. The molecule has 0 saturated carbocycles. The Morgan fingerprint density at radius 3 is 2.67 bits per heavy atom. The number of carbonyl (C=O) groups is 1. The minimum Gasteiger partial charge on any atom is -0.352 e. The molecule has 212 valence electrons. The Morgan fingerprint density at radius 2 is 1.98 bits per heavy atom. The average molecular weight is 585 g/mol. The van der Waals surface area contributed by atoms with Crippen molar-refractivity contribution in [3.63, 3.8) is 0 Å². The van der Waals surface area contributed by atoms with Crippen LogP contribution in [-0.2, 0) is 0 Å². The number of rotatable bonds is 6. The van der Waals surface area contributed by atoms with E-state index in [9.17, 15) is 9.59 Å². The molecule has 3 aromatic heterocycles. The highest BCUT2D eigenvalue weighted by Crippen LogP contribution is 2.34. The molecule has 4 aromatic rings. The normalized spacial score (nSPS) is 19.1. The van der Waals surface area contributed by atoms with E-state index >= 15 is 4.39 Å². The number of hydrogen-bond acceptors (Lipinski definition) is 7. The SMILES string of the molecule is CC(C)N1CCN(c2nc3c(cc2F)c(=O)c(C(=O)NCCC2CCCN2C)c2sc4ccc(Cl)cc4n23)CC1. The van der Waals surface area contributed by atoms with Crippen LogP contribution in [0.2, 0.25) is 5.02 Å². The zero-order valence-corrected chi connectivity index (χ0v) is 24.6. The van der Waals surface area contributed by atoms with Crippen molar-refractivity contribution >= 4 is 60.7 Å². The summed E-state index contributed by atoms with van der Waals surface area (Å²) in [5.74, 6) is -0.781. The van der Waals surface area contributed by atoms with E-state index in [0.29, 0.717) is 47.2 Å². The number of aromatic nitrogens is 2. The smallest absolute Gasteiger partial charge is 0.258 e. The zero-order chi connectivity index (χ0) is 28.1. The summed E-state index contributed by atoms with van der Waals surface area (Å²) < 4.78 is 18.3. The van der Waals surface area contributed by atoms with Gasteiger partial charge < -0.3 is 15.1 Å². The molecule has 2 aliphatic rings. The van der Waals surface area contributed by atoms with Crippen LogP contribution in [0.3, 0.4) is 0 Å². The summed E-state index contributed by atoms with van der Waals surface area (Å²) in [6.45, 7) is 8.71. The lowest BCUT2D eigenvalue weighted by molar-refractivity contribution is 0.0951. The number of thiazole rings is 1. The fraction of sp³-hybridized carbons (Fsp3) is 0.483. The number of amides is 1. The average Bonchev–Trinajstić information content (AvgIpc) is 3.51. The Labute approximate surface area is 241 Å². The summed E-state index contributed by atoms with van der Waals surface area (Å²) in [4.78, 5) is 39.2. The van der Waals surface area contributed by atoms with E-state index in [4.69, 9.17) is 16.6 Å². The molecule has 40 heavy (non-hydrogen) atoms. The number of hydrogen-bond donors (Lipinski definition) is 1. The molecule has 0 spiro atoms. The monoisotopic (exact) mass is 584 g/mol. The maximum atomic E-state index is 15.6. The van der Waals surface area contributed by atoms with E-state index in [1.807, 2.05) is 11.0 Å². The summed E-state index contributed by atoms with van der Waals surface area (Å²) in [6, 6.07) is 7.54. The van der Waals surface area contributed by atoms with Gasteiger partial charge in [0.2, 0.25) is 5.43 Å². The van der Waals surface area contributed by atoms with Crippen LogP contribution in [-0.4, -0.2) is 83.5 Å². The highest BCUT2D eigenvalue weighted by Gasteiger charge is 2.27. The van der Waals surface area contributed by atoms with Crippen LogP contribution < -0.4 is 15.6 Å². The van der Waals surface area contributed by atoms with E-state index in [1.165, 1.54) is 17.4 Å². The van der Waals surface area contributed by atoms with Crippen LogP contribution in [0.1, 0.15) is 43.5 Å². The molecule has 2 saturated heterocycles. The molecule has 1 unspecified atom stereocenters. The third-order valence-corrected chi connectivity index (χ3v) is 9.79. The first-order valence-corrected chi connectivity index (χ1v) is 15.2. The molecule has 1 atom stereocenters. The van der Waals surface area contributed by atoms with Gasteiger partial charge >= 0.3 is 0 Å². The predicted octanol–water partition coefficient (Wildman–Crippen LogP) is 4.60. The Morgan fingerprint density at radius 1 is 1.20 bits per heavy atom. The Kier molecular flexibility index (Phi) is 7.45. The number of carbonyl (C=O) groups excluding carboxylic acids is 1. The number of nitrogens with zero attached hydrogens (tertiary/aromatic N) is 5. The molecule has 2 fully saturated rings. The second-order valence-corrected chi connectivity index (χ2v) is 12.6. The van der Waals surface area contributed by atoms with Gasteiger partial charge in [-0.1, -0.05) is 11.6 Å². The number of anilines is 1. The Balaban J connectivity index is 1.45. The van der Waals surface area contributed by atoms with Crippen molar-refractivity contribution in [2.24, 2.45) is 0 Å². The van der Waals surface area contributed by atoms with Crippen molar-refractivity contribution in [1.29, 1.82) is 0 Å². The molecule has 2 aliphatic heterocycles. The second kappa shape index (κ2) is 10.9. The minimum absolute atomic E-state index is 0.0177. The number of pyridine rings is 2. The van der Waals surface area contributed by atoms with Crippen LogP contribution in [0.25, 0.3) is 26.1 Å². The summed E-state index contributed by atoms with van der Waals surface area (Å²) in [5, 5.41) is 3.57. The van der Waals surface area contributed by atoms with E-state index in [2.05, 4.69) is 36.0 Å². The number of likely N-dealkylation sites (tertiary alicyclic amines) is 1. The van der Waals surface area contributed by atoms with Gasteiger partial charge in [0, 0.05) is 49.8 Å². The fourth-order valence-corrected chi connectivity index (χ4v) is 7.41. The lowest BCUT2D eigenvalue weighted by Gasteiger charge is -2.37. The van der Waals surface area contributed by atoms with Gasteiger partial charge in [-0.05, 0) is 71.0 Å². The number of benzene rings is 1. The Bertz CT molecular complexity index is 1660. The molecule has 1 amide bonds. The molecule has 6 rings (SSSR count). The van der Waals surface area contributed by atoms with Gasteiger partial charge in [0.25, 0.3) is 5.91 Å². The van der Waals surface area contributed by atoms with Gasteiger partial charge in [-0.25, -0.2) is 9.37 Å². The van der Waals surface area contributed by atoms with Gasteiger partial charge in [0.15, 0.2) is 17.3 Å². The molecular weight excluding hydrogens is 551 g/mol. The van der Waals surface area contributed by atoms with Crippen molar-refractivity contribution in [3.8, 4) is 0 Å². The van der Waals surface area contributed by atoms with Crippen LogP contribution in [0.4, 0.5) is 10.2 Å². The van der Waals surface area contributed by atoms with Gasteiger partial charge in [0.05, 0.1) is 15.6 Å². The molecule has 5 heterocycles. The number of nitrogens with one attached hydrogen (secondary N) is 1. The molecule has 0 aliphatic carbocycles. The predicted molar refractivity (Wildman–Crippen MR) is 161 cm³/mol. The summed E-state index contributed by atoms with van der Waals surface area (Å²) in [6.07, 6.45) is 3.07. The van der Waals surface area contributed by atoms with E-state index < -0.39 is 17.2 Å². The lowest BCUT2D eigenvalue weighted by atomic mass is 10.1. The minimum atomic E-state index is -0.559. The van der Waals surface area contributed by atoms with Gasteiger partial charge in [-0.15, -0.1) is 11.3 Å². The van der Waals surface area contributed by atoms with Crippen LogP contribution >= 0.6 is 22.9 Å². The molecule has 1 N–H and O–H groups in total. The van der Waals surface area contributed by atoms with E-state index in [1.54, 1.807) is 16.5 Å². The maximum Gasteiger partial charge on any atom is 0.258 e. The van der Waals surface area contributed by atoms with E-state index in [0.717, 1.165) is 49.1 Å². The quantitative estimate of drug-likeness (QED) is 0.357. The van der Waals surface area contributed by atoms with Crippen LogP contribution in [0.5, 0.6) is 0 Å². The highest BCUT2D eigenvalue weighted by molar-refractivity contribution is 7.24. The highest BCUT2D eigenvalue weighted by atomic mass is 35.5. The fourth-order valence-electron chi connectivity index (χ4n) is 6.08. The molecule has 8 nitrogen and oxygen atoms in total. The first kappa shape index (κ1) is 27.4. The topological polar surface area (TPSA) is 73.2 Å². The molecule has 1 aromatic carbocycles. The van der Waals surface area contributed by atoms with E-state index in [-0.39, 0.29) is 16.8 Å². The zero-order valence-electron chi connectivity index (χ0n) is 23.0. The third-order valence-electron chi connectivity index (χ3n) is 8.41. The molecular formula is C29H34ClFN6O2S. The number of piperazine rings is 1. The summed E-state index contributed by atoms with van der Waals surface area (Å²) in [5.41, 5.74) is 0.573. The Hall–Kier alpha value is -2.79. The van der Waals surface area contributed by atoms with Crippen molar-refractivity contribution in [3.05, 3.63) is 50.9 Å². The number of halogens is 2. The van der Waals surface area contributed by atoms with Gasteiger partial charge in [-0.2, -0.15) is 0 Å². The van der Waals surface area contributed by atoms with Crippen molar-refractivity contribution < 1.29 is 9.18 Å². The second-order valence-electron chi connectivity index (χ2n) is 11.2. The first-order valence-electron chi connectivity index (χ1n) is 14.0. The lowest BCUT2D eigenvalue weighted by Crippen LogP contribution is -2.49. The standard InChI is InChI=1S/C29H34ClFN6O2S/c1-17(2)35-11-13-36(14-12-35)27-21(31)16-20-25(38)24(28(39)32-9-8-19-5-4-10-34(19)3)29-37(26(20)33-27)22-15-18(30)6-7-23(22)40-29/h6-7,15-17,19H,4-5,8-14H2,1-3H3,(H,32,39). The summed E-state index contributed by atoms with van der Waals surface area (Å²) in [7, 11) is 2.10. The molecule has 0 bridgehead atoms. The van der Waals surface area contributed by atoms with Gasteiger partial charge in [-0.3, -0.25) is 18.9 Å². The molecule has 11 heteroatoms. The first-order chi connectivity index (χ1) is 19.2. The van der Waals surface area contributed by atoms with Crippen molar-refractivity contribution in [2.45, 2.75) is 45.2 Å².